The van der Waals surface area contributed by atoms with E-state index in [1.54, 1.807) is 64.8 Å². The fraction of sp³-hybridized carbons (Fsp3) is 0.526. The van der Waals surface area contributed by atoms with E-state index in [1.165, 1.54) is 0 Å². The molecular formula is C38H60Cl2N8O6S6. The minimum atomic E-state index is -0.584. The number of nitrogens with one attached hydrogen (secondary N) is 6. The van der Waals surface area contributed by atoms with Gasteiger partial charge in [0.15, 0.2) is 0 Å². The maximum Gasteiger partial charge on any atom is 0.237 e. The van der Waals surface area contributed by atoms with Gasteiger partial charge in [0, 0.05) is 99.5 Å². The van der Waals surface area contributed by atoms with Gasteiger partial charge >= 0.3 is 0 Å². The molecule has 10 N–H and O–H groups in total. The van der Waals surface area contributed by atoms with E-state index in [0.29, 0.717) is 75.1 Å². The molecule has 0 saturated heterocycles. The second-order valence-electron chi connectivity index (χ2n) is 12.5. The lowest BCUT2D eigenvalue weighted by Gasteiger charge is -2.12. The summed E-state index contributed by atoms with van der Waals surface area (Å²) < 4.78 is 0. The zero-order valence-electron chi connectivity index (χ0n) is 33.5. The number of carbonyl (C=O) groups is 6. The van der Waals surface area contributed by atoms with Crippen LogP contribution in [0.4, 0.5) is 0 Å². The molecule has 2 aromatic rings. The molecule has 6 amide bonds. The second kappa shape index (κ2) is 38.5. The molecule has 0 aromatic heterocycles. The third-order valence-corrected chi connectivity index (χ3v) is 14.9. The Balaban J connectivity index is 0.0000174. The quantitative estimate of drug-likeness (QED) is 0.0380. The van der Waals surface area contributed by atoms with Crippen molar-refractivity contribution in [2.45, 2.75) is 50.6 Å². The molecule has 14 nitrogen and oxygen atoms in total. The number of halogens is 2. The molecule has 22 heteroatoms. The van der Waals surface area contributed by atoms with E-state index in [-0.39, 0.29) is 85.9 Å². The van der Waals surface area contributed by atoms with Gasteiger partial charge in [-0.3, -0.25) is 28.8 Å². The van der Waals surface area contributed by atoms with Gasteiger partial charge in [0.25, 0.3) is 0 Å². The fourth-order valence-corrected chi connectivity index (χ4v) is 10.1. The molecule has 0 aliphatic rings. The van der Waals surface area contributed by atoms with Gasteiger partial charge in [-0.05, 0) is 24.0 Å². The summed E-state index contributed by atoms with van der Waals surface area (Å²) in [5.41, 5.74) is 14.0. The van der Waals surface area contributed by atoms with E-state index in [2.05, 4.69) is 31.9 Å². The topological polar surface area (TPSA) is 227 Å². The first-order chi connectivity index (χ1) is 28.1. The molecule has 0 unspecified atom stereocenters. The van der Waals surface area contributed by atoms with E-state index in [9.17, 15) is 28.8 Å². The summed E-state index contributed by atoms with van der Waals surface area (Å²) in [6.07, 6.45) is 1.47. The van der Waals surface area contributed by atoms with Gasteiger partial charge in [-0.2, -0.15) is 0 Å². The van der Waals surface area contributed by atoms with Crippen molar-refractivity contribution in [3.63, 3.8) is 0 Å². The van der Waals surface area contributed by atoms with Crippen LogP contribution in [0.15, 0.2) is 60.7 Å². The van der Waals surface area contributed by atoms with Gasteiger partial charge in [0.2, 0.25) is 35.4 Å². The fourth-order valence-electron chi connectivity index (χ4n) is 4.71. The molecule has 0 aliphatic heterocycles. The predicted molar refractivity (Wildman–Crippen MR) is 262 cm³/mol. The summed E-state index contributed by atoms with van der Waals surface area (Å²) in [5.74, 6) is 3.20. The van der Waals surface area contributed by atoms with Crippen molar-refractivity contribution in [3.8, 4) is 0 Å². The normalized spacial score (nSPS) is 11.4. The van der Waals surface area contributed by atoms with Gasteiger partial charge in [-0.25, -0.2) is 0 Å². The Hall–Kier alpha value is -2.14. The SMILES string of the molecule is Cl.Cl.N[C@@H](Cc1ccccc1)C(=O)NCCSSCCNC(=O)CCC(=O)NCCSSCCNC(=O)CCC(=O)NCCSSCCNC(=O)[C@@H](N)Cc1ccccc1. The number of amides is 6. The molecule has 0 radical (unpaired) electrons. The van der Waals surface area contributed by atoms with E-state index in [1.807, 2.05) is 60.7 Å². The van der Waals surface area contributed by atoms with Gasteiger partial charge in [0.05, 0.1) is 12.1 Å². The van der Waals surface area contributed by atoms with Crippen LogP contribution in [0.3, 0.4) is 0 Å². The third-order valence-electron chi connectivity index (χ3n) is 7.68. The first-order valence-electron chi connectivity index (χ1n) is 19.1. The first kappa shape index (κ1) is 57.9. The van der Waals surface area contributed by atoms with Crippen LogP contribution in [-0.4, -0.2) is 121 Å². The highest BCUT2D eigenvalue weighted by Gasteiger charge is 2.15. The van der Waals surface area contributed by atoms with Crippen molar-refractivity contribution in [2.75, 3.05) is 73.8 Å². The van der Waals surface area contributed by atoms with Gasteiger partial charge in [-0.1, -0.05) is 125 Å². The summed E-state index contributed by atoms with van der Waals surface area (Å²) in [7, 11) is 9.58. The molecule has 2 aromatic carbocycles. The Kier molecular flexibility index (Phi) is 37.2. The molecule has 0 bridgehead atoms. The van der Waals surface area contributed by atoms with Gasteiger partial charge in [0.1, 0.15) is 0 Å². The van der Waals surface area contributed by atoms with Crippen molar-refractivity contribution < 1.29 is 28.8 Å². The van der Waals surface area contributed by atoms with Gasteiger partial charge < -0.3 is 43.4 Å². The van der Waals surface area contributed by atoms with Crippen LogP contribution >= 0.6 is 89.6 Å². The van der Waals surface area contributed by atoms with Crippen molar-refractivity contribution in [2.24, 2.45) is 11.5 Å². The summed E-state index contributed by atoms with van der Waals surface area (Å²) in [6.45, 7) is 2.98. The first-order valence-corrected chi connectivity index (χ1v) is 26.5. The minimum Gasteiger partial charge on any atom is -0.355 e. The number of rotatable bonds is 33. The maximum atomic E-state index is 12.2. The van der Waals surface area contributed by atoms with Crippen molar-refractivity contribution in [1.29, 1.82) is 0 Å². The van der Waals surface area contributed by atoms with Crippen LogP contribution in [0.5, 0.6) is 0 Å². The number of hydrogen-bond donors (Lipinski definition) is 8. The van der Waals surface area contributed by atoms with Crippen LogP contribution in [0, 0.1) is 0 Å². The van der Waals surface area contributed by atoms with Crippen molar-refractivity contribution in [3.05, 3.63) is 71.8 Å². The summed E-state index contributed by atoms with van der Waals surface area (Å²) >= 11 is 0. The Morgan fingerprint density at radius 1 is 0.400 bits per heavy atom. The predicted octanol–water partition coefficient (Wildman–Crippen LogP) is 3.37. The smallest absolute Gasteiger partial charge is 0.237 e. The lowest BCUT2D eigenvalue weighted by Crippen LogP contribution is -2.42. The van der Waals surface area contributed by atoms with E-state index >= 15 is 0 Å². The average molecular weight is 988 g/mol. The summed E-state index contributed by atoms with van der Waals surface area (Å²) in [6, 6.07) is 18.2. The Morgan fingerprint density at radius 3 is 0.883 bits per heavy atom. The molecule has 60 heavy (non-hydrogen) atoms. The molecule has 2 rings (SSSR count). The Bertz CT molecular complexity index is 1390. The zero-order valence-corrected chi connectivity index (χ0v) is 40.1. The lowest BCUT2D eigenvalue weighted by atomic mass is 10.1. The molecule has 0 spiro atoms. The highest BCUT2D eigenvalue weighted by atomic mass is 35.5. The molecular weight excluding hydrogens is 928 g/mol. The standard InChI is InChI=1S/C38H58N8O6S6.2ClH/c39-31(27-29-7-3-1-4-8-29)37(51)45-19-25-57-55-23-17-43-35(49)13-11-33(47)41-15-21-53-54-22-16-42-34(48)12-14-36(50)44-18-24-56-58-26-20-46-38(52)32(40)28-30-9-5-2-6-10-30;;/h1-10,31-32H,11-28,39-40H2,(H,41,47)(H,42,48)(H,43,49)(H,44,50)(H,45,51)(H,46,52);2*1H/t31-,32-;;/m0../s1. The van der Waals surface area contributed by atoms with Crippen molar-refractivity contribution in [1.82, 2.24) is 31.9 Å². The molecule has 0 saturated carbocycles. The third kappa shape index (κ3) is 31.7. The number of hydrogen-bond acceptors (Lipinski definition) is 14. The molecule has 0 heterocycles. The zero-order chi connectivity index (χ0) is 42.1. The number of nitrogens with two attached hydrogens (primary N) is 2. The van der Waals surface area contributed by atoms with Crippen LogP contribution in [0.2, 0.25) is 0 Å². The largest absolute Gasteiger partial charge is 0.355 e. The van der Waals surface area contributed by atoms with Crippen LogP contribution in [0.25, 0.3) is 0 Å². The Labute approximate surface area is 390 Å². The number of benzene rings is 2. The monoisotopic (exact) mass is 986 g/mol. The van der Waals surface area contributed by atoms with Gasteiger partial charge in [-0.15, -0.1) is 24.8 Å². The molecule has 0 aliphatic carbocycles. The van der Waals surface area contributed by atoms with Crippen LogP contribution in [0.1, 0.15) is 36.8 Å². The number of carbonyl (C=O) groups excluding carboxylic acids is 6. The molecule has 338 valence electrons. The highest BCUT2D eigenvalue weighted by molar-refractivity contribution is 8.77. The van der Waals surface area contributed by atoms with E-state index < -0.39 is 12.1 Å². The molecule has 0 fully saturated rings. The average Bonchev–Trinajstić information content (AvgIpc) is 3.22. The Morgan fingerprint density at radius 2 is 0.633 bits per heavy atom. The summed E-state index contributed by atoms with van der Waals surface area (Å²) in [5, 5.41) is 17.0. The lowest BCUT2D eigenvalue weighted by molar-refractivity contribution is -0.126. The van der Waals surface area contributed by atoms with Crippen molar-refractivity contribution >= 4 is 125 Å². The van der Waals surface area contributed by atoms with E-state index in [0.717, 1.165) is 22.6 Å². The second-order valence-corrected chi connectivity index (χ2v) is 20.6. The maximum absolute atomic E-state index is 12.2. The van der Waals surface area contributed by atoms with E-state index in [4.69, 9.17) is 11.5 Å². The summed E-state index contributed by atoms with van der Waals surface area (Å²) in [4.78, 5) is 72.6. The van der Waals surface area contributed by atoms with Crippen LogP contribution in [-0.2, 0) is 41.6 Å². The van der Waals surface area contributed by atoms with Crippen LogP contribution < -0.4 is 43.4 Å². The molecule has 2 atom stereocenters. The minimum absolute atomic E-state index is 0. The highest BCUT2D eigenvalue weighted by Crippen LogP contribution is 2.20.